The lowest BCUT2D eigenvalue weighted by Crippen LogP contribution is -2.02. The van der Waals surface area contributed by atoms with Crippen molar-refractivity contribution in [3.05, 3.63) is 76.3 Å². The molecular formula is C19H19ClO2. The summed E-state index contributed by atoms with van der Waals surface area (Å²) in [5.74, 6) is -0.350. The van der Waals surface area contributed by atoms with Gasteiger partial charge < -0.3 is 4.74 Å². The lowest BCUT2D eigenvalue weighted by atomic mass is 9.96. The number of benzene rings is 2. The summed E-state index contributed by atoms with van der Waals surface area (Å²) in [5, 5.41) is 0.637. The molecule has 2 aromatic carbocycles. The van der Waals surface area contributed by atoms with Crippen LogP contribution >= 0.6 is 11.6 Å². The van der Waals surface area contributed by atoms with Crippen LogP contribution < -0.4 is 0 Å². The number of carbonyl (C=O) groups is 1. The topological polar surface area (TPSA) is 26.3 Å². The highest BCUT2D eigenvalue weighted by atomic mass is 35.5. The Balaban J connectivity index is 2.47. The van der Waals surface area contributed by atoms with Gasteiger partial charge in [0, 0.05) is 11.1 Å². The van der Waals surface area contributed by atoms with E-state index in [2.05, 4.69) is 19.1 Å². The first-order valence-electron chi connectivity index (χ1n) is 7.37. The minimum Gasteiger partial charge on any atom is -0.463 e. The van der Waals surface area contributed by atoms with Gasteiger partial charge in [0.1, 0.15) is 0 Å². The Morgan fingerprint density at radius 1 is 1.09 bits per heavy atom. The number of esters is 1. The Bertz CT molecular complexity index is 672. The molecule has 0 aromatic heterocycles. The minimum atomic E-state index is -0.350. The monoisotopic (exact) mass is 314 g/mol. The zero-order chi connectivity index (χ0) is 15.9. The number of rotatable bonds is 5. The van der Waals surface area contributed by atoms with Crippen molar-refractivity contribution < 1.29 is 9.53 Å². The second-order valence-corrected chi connectivity index (χ2v) is 5.31. The van der Waals surface area contributed by atoms with Crippen LogP contribution in [0.3, 0.4) is 0 Å². The molecule has 0 aliphatic rings. The molecule has 0 radical (unpaired) electrons. The molecule has 22 heavy (non-hydrogen) atoms. The standard InChI is InChI=1S/C19H19ClO2/c1-3-14-8-10-15(11-9-14)18(13-19(21)22-4-2)16-6-5-7-17(20)12-16/h5-13H,3-4H2,1-2H3/b18-13+. The van der Waals surface area contributed by atoms with E-state index < -0.39 is 0 Å². The van der Waals surface area contributed by atoms with Crippen molar-refractivity contribution in [2.45, 2.75) is 20.3 Å². The molecule has 0 fully saturated rings. The number of ether oxygens (including phenoxy) is 1. The SMILES string of the molecule is CCOC(=O)/C=C(\c1ccc(CC)cc1)c1cccc(Cl)c1. The van der Waals surface area contributed by atoms with Crippen molar-refractivity contribution in [2.24, 2.45) is 0 Å². The summed E-state index contributed by atoms with van der Waals surface area (Å²) in [5.41, 5.74) is 3.92. The fraction of sp³-hybridized carbons (Fsp3) is 0.211. The van der Waals surface area contributed by atoms with Crippen LogP contribution in [0.2, 0.25) is 5.02 Å². The van der Waals surface area contributed by atoms with Crippen molar-refractivity contribution in [1.29, 1.82) is 0 Å². The van der Waals surface area contributed by atoms with Gasteiger partial charge in [-0.25, -0.2) is 4.79 Å². The minimum absolute atomic E-state index is 0.350. The highest BCUT2D eigenvalue weighted by Gasteiger charge is 2.09. The second-order valence-electron chi connectivity index (χ2n) is 4.87. The Hall–Kier alpha value is -2.06. The molecule has 2 rings (SSSR count). The average molecular weight is 315 g/mol. The molecule has 3 heteroatoms. The number of aryl methyl sites for hydroxylation is 1. The fourth-order valence-electron chi connectivity index (χ4n) is 2.21. The fourth-order valence-corrected chi connectivity index (χ4v) is 2.40. The molecule has 0 atom stereocenters. The molecule has 0 aliphatic carbocycles. The van der Waals surface area contributed by atoms with Crippen LogP contribution in [-0.2, 0) is 16.0 Å². The summed E-state index contributed by atoms with van der Waals surface area (Å²) in [6.07, 6.45) is 2.50. The number of halogens is 1. The van der Waals surface area contributed by atoms with Gasteiger partial charge in [-0.15, -0.1) is 0 Å². The average Bonchev–Trinajstić information content (AvgIpc) is 2.53. The largest absolute Gasteiger partial charge is 0.463 e. The number of hydrogen-bond donors (Lipinski definition) is 0. The van der Waals surface area contributed by atoms with Crippen LogP contribution in [-0.4, -0.2) is 12.6 Å². The van der Waals surface area contributed by atoms with Crippen molar-refractivity contribution in [3.63, 3.8) is 0 Å². The van der Waals surface area contributed by atoms with E-state index in [0.29, 0.717) is 11.6 Å². The molecule has 0 saturated heterocycles. The van der Waals surface area contributed by atoms with Gasteiger partial charge in [0.15, 0.2) is 0 Å². The molecule has 114 valence electrons. The van der Waals surface area contributed by atoms with Crippen LogP contribution in [0.1, 0.15) is 30.5 Å². The molecule has 0 bridgehead atoms. The summed E-state index contributed by atoms with van der Waals surface area (Å²) in [6, 6.07) is 15.6. The maximum Gasteiger partial charge on any atom is 0.331 e. The Morgan fingerprint density at radius 3 is 2.41 bits per heavy atom. The van der Waals surface area contributed by atoms with Crippen molar-refractivity contribution in [1.82, 2.24) is 0 Å². The molecule has 0 aliphatic heterocycles. The third-order valence-corrected chi connectivity index (χ3v) is 3.59. The third kappa shape index (κ3) is 4.22. The molecule has 0 saturated carbocycles. The lowest BCUT2D eigenvalue weighted by Gasteiger charge is -2.10. The highest BCUT2D eigenvalue weighted by Crippen LogP contribution is 2.26. The summed E-state index contributed by atoms with van der Waals surface area (Å²) < 4.78 is 5.04. The third-order valence-electron chi connectivity index (χ3n) is 3.36. The van der Waals surface area contributed by atoms with E-state index in [0.717, 1.165) is 23.1 Å². The summed E-state index contributed by atoms with van der Waals surface area (Å²) >= 11 is 6.08. The predicted molar refractivity (Wildman–Crippen MR) is 91.0 cm³/mol. The lowest BCUT2D eigenvalue weighted by molar-refractivity contribution is -0.137. The van der Waals surface area contributed by atoms with Gasteiger partial charge in [-0.2, -0.15) is 0 Å². The van der Waals surface area contributed by atoms with E-state index in [1.807, 2.05) is 36.4 Å². The Kier molecular flexibility index (Phi) is 5.79. The number of carbonyl (C=O) groups excluding carboxylic acids is 1. The highest BCUT2D eigenvalue weighted by molar-refractivity contribution is 6.30. The molecular weight excluding hydrogens is 296 g/mol. The normalized spacial score (nSPS) is 11.3. The first kappa shape index (κ1) is 16.3. The van der Waals surface area contributed by atoms with Gasteiger partial charge in [0.25, 0.3) is 0 Å². The van der Waals surface area contributed by atoms with Crippen molar-refractivity contribution in [3.8, 4) is 0 Å². The first-order valence-corrected chi connectivity index (χ1v) is 7.75. The van der Waals surface area contributed by atoms with E-state index in [4.69, 9.17) is 16.3 Å². The van der Waals surface area contributed by atoms with Gasteiger partial charge >= 0.3 is 5.97 Å². The maximum absolute atomic E-state index is 11.9. The smallest absolute Gasteiger partial charge is 0.331 e. The summed E-state index contributed by atoms with van der Waals surface area (Å²) in [7, 11) is 0. The van der Waals surface area contributed by atoms with Crippen LogP contribution in [0, 0.1) is 0 Å². The van der Waals surface area contributed by atoms with Crippen LogP contribution in [0.5, 0.6) is 0 Å². The van der Waals surface area contributed by atoms with Crippen molar-refractivity contribution >= 4 is 23.1 Å². The molecule has 0 amide bonds. The van der Waals surface area contributed by atoms with E-state index in [9.17, 15) is 4.79 Å². The van der Waals surface area contributed by atoms with Gasteiger partial charge in [-0.1, -0.05) is 54.9 Å². The zero-order valence-electron chi connectivity index (χ0n) is 12.8. The van der Waals surface area contributed by atoms with Crippen LogP contribution in [0.15, 0.2) is 54.6 Å². The predicted octanol–water partition coefficient (Wildman–Crippen LogP) is 4.90. The van der Waals surface area contributed by atoms with Gasteiger partial charge in [0.05, 0.1) is 6.61 Å². The summed E-state index contributed by atoms with van der Waals surface area (Å²) in [4.78, 5) is 11.9. The van der Waals surface area contributed by atoms with E-state index in [1.165, 1.54) is 11.6 Å². The van der Waals surface area contributed by atoms with Crippen molar-refractivity contribution in [2.75, 3.05) is 6.61 Å². The quantitative estimate of drug-likeness (QED) is 0.579. The molecule has 2 nitrogen and oxygen atoms in total. The Morgan fingerprint density at radius 2 is 1.82 bits per heavy atom. The molecule has 0 unspecified atom stereocenters. The van der Waals surface area contributed by atoms with Crippen LogP contribution in [0.4, 0.5) is 0 Å². The van der Waals surface area contributed by atoms with E-state index in [-0.39, 0.29) is 5.97 Å². The molecule has 0 spiro atoms. The van der Waals surface area contributed by atoms with Gasteiger partial charge in [-0.05, 0) is 47.7 Å². The molecule has 0 heterocycles. The second kappa shape index (κ2) is 7.81. The van der Waals surface area contributed by atoms with Crippen LogP contribution in [0.25, 0.3) is 5.57 Å². The van der Waals surface area contributed by atoms with E-state index >= 15 is 0 Å². The first-order chi connectivity index (χ1) is 10.6. The summed E-state index contributed by atoms with van der Waals surface area (Å²) in [6.45, 7) is 4.26. The maximum atomic E-state index is 11.9. The number of hydrogen-bond acceptors (Lipinski definition) is 2. The van der Waals surface area contributed by atoms with Gasteiger partial charge in [0.2, 0.25) is 0 Å². The molecule has 2 aromatic rings. The Labute approximate surface area is 136 Å². The zero-order valence-corrected chi connectivity index (χ0v) is 13.6. The van der Waals surface area contributed by atoms with E-state index in [1.54, 1.807) is 6.92 Å². The molecule has 0 N–H and O–H groups in total. The van der Waals surface area contributed by atoms with Gasteiger partial charge in [-0.3, -0.25) is 0 Å².